The first-order valence-corrected chi connectivity index (χ1v) is 12.1. The molecule has 1 atom stereocenters. The van der Waals surface area contributed by atoms with E-state index in [9.17, 15) is 14.9 Å². The Hall–Kier alpha value is -2.50. The van der Waals surface area contributed by atoms with Crippen LogP contribution in [0.5, 0.6) is 0 Å². The van der Waals surface area contributed by atoms with Gasteiger partial charge in [-0.2, -0.15) is 5.26 Å². The summed E-state index contributed by atoms with van der Waals surface area (Å²) in [4.78, 5) is 32.1. The summed E-state index contributed by atoms with van der Waals surface area (Å²) in [6.45, 7) is 2.56. The number of benzene rings is 2. The topological polar surface area (TPSA) is 67.6 Å². The van der Waals surface area contributed by atoms with E-state index >= 15 is 0 Å². The van der Waals surface area contributed by atoms with Crippen molar-refractivity contribution in [3.8, 4) is 6.07 Å². The highest BCUT2D eigenvalue weighted by Gasteiger charge is 2.41. The molecular weight excluding hydrogens is 479 g/mol. The highest BCUT2D eigenvalue weighted by molar-refractivity contribution is 8.05. The van der Waals surface area contributed by atoms with E-state index in [2.05, 4.69) is 11.0 Å². The van der Waals surface area contributed by atoms with Crippen molar-refractivity contribution in [3.05, 3.63) is 74.7 Å². The highest BCUT2D eigenvalue weighted by atomic mass is 35.5. The van der Waals surface area contributed by atoms with E-state index in [0.717, 1.165) is 18.7 Å². The summed E-state index contributed by atoms with van der Waals surface area (Å²) in [5.74, 6) is -0.542. The van der Waals surface area contributed by atoms with Crippen molar-refractivity contribution >= 4 is 52.5 Å². The van der Waals surface area contributed by atoms with E-state index in [1.54, 1.807) is 29.2 Å². The van der Waals surface area contributed by atoms with Crippen LogP contribution < -0.4 is 4.90 Å². The molecule has 2 fully saturated rings. The van der Waals surface area contributed by atoms with E-state index in [-0.39, 0.29) is 17.4 Å². The molecule has 0 aliphatic carbocycles. The number of rotatable bonds is 4. The minimum Gasteiger partial charge on any atom is -0.335 e. The van der Waals surface area contributed by atoms with Crippen LogP contribution in [0.3, 0.4) is 0 Å². The number of piperazine rings is 1. The third kappa shape index (κ3) is 4.90. The Morgan fingerprint density at radius 2 is 1.79 bits per heavy atom. The Morgan fingerprint density at radius 1 is 1.09 bits per heavy atom. The number of anilines is 1. The molecule has 0 spiro atoms. The number of nitriles is 1. The lowest BCUT2D eigenvalue weighted by molar-refractivity contribution is -0.128. The van der Waals surface area contributed by atoms with E-state index in [1.807, 2.05) is 31.3 Å². The zero-order valence-electron chi connectivity index (χ0n) is 18.0. The summed E-state index contributed by atoms with van der Waals surface area (Å²) in [5.41, 5.74) is 1.35. The van der Waals surface area contributed by atoms with Crippen molar-refractivity contribution < 1.29 is 9.59 Å². The van der Waals surface area contributed by atoms with Gasteiger partial charge in [0.2, 0.25) is 5.91 Å². The van der Waals surface area contributed by atoms with E-state index < -0.39 is 5.25 Å². The predicted octanol–water partition coefficient (Wildman–Crippen LogP) is 4.19. The molecule has 2 saturated heterocycles. The third-order valence-corrected chi connectivity index (χ3v) is 7.85. The van der Waals surface area contributed by atoms with Crippen LogP contribution in [0.1, 0.15) is 5.56 Å². The SMILES string of the molecule is CN1CCN(C(=O)/C(C#N)=C2\S[C@@H](Cc3cccc(Cl)c3Cl)C(=O)N2c2ccccc2)CC1. The fraction of sp³-hybridized carbons (Fsp3) is 0.292. The quantitative estimate of drug-likeness (QED) is 0.464. The summed E-state index contributed by atoms with van der Waals surface area (Å²) < 4.78 is 0. The molecular formula is C24H22Cl2N4O2S. The van der Waals surface area contributed by atoms with Gasteiger partial charge in [0.05, 0.1) is 15.3 Å². The number of thioether (sulfide) groups is 1. The normalized spacial score (nSPS) is 20.7. The zero-order chi connectivity index (χ0) is 23.5. The van der Waals surface area contributed by atoms with Gasteiger partial charge in [-0.25, -0.2) is 0 Å². The van der Waals surface area contributed by atoms with Gasteiger partial charge in [-0.3, -0.25) is 14.5 Å². The molecule has 4 rings (SSSR count). The zero-order valence-corrected chi connectivity index (χ0v) is 20.3. The Labute approximate surface area is 207 Å². The Bertz CT molecular complexity index is 1140. The second kappa shape index (κ2) is 10.2. The molecule has 2 aromatic carbocycles. The van der Waals surface area contributed by atoms with Crippen LogP contribution in [0, 0.1) is 11.3 Å². The average Bonchev–Trinajstić information content (AvgIpc) is 3.14. The van der Waals surface area contributed by atoms with Gasteiger partial charge in [0.15, 0.2) is 0 Å². The molecule has 2 aliphatic heterocycles. The fourth-order valence-corrected chi connectivity index (χ4v) is 5.55. The molecule has 2 amide bonds. The number of hydrogen-bond donors (Lipinski definition) is 0. The van der Waals surface area contributed by atoms with E-state index in [0.29, 0.717) is 40.3 Å². The molecule has 2 aliphatic rings. The van der Waals surface area contributed by atoms with Gasteiger partial charge >= 0.3 is 0 Å². The number of amides is 2. The maximum Gasteiger partial charge on any atom is 0.267 e. The van der Waals surface area contributed by atoms with Crippen molar-refractivity contribution in [1.82, 2.24) is 9.80 Å². The first-order chi connectivity index (χ1) is 15.9. The number of carbonyl (C=O) groups is 2. The molecule has 6 nitrogen and oxygen atoms in total. The molecule has 0 aromatic heterocycles. The van der Waals surface area contributed by atoms with E-state index in [1.165, 1.54) is 16.7 Å². The Kier molecular flexibility index (Phi) is 7.30. The number of likely N-dealkylation sites (N-methyl/N-ethyl adjacent to an activating group) is 1. The molecule has 170 valence electrons. The second-order valence-corrected chi connectivity index (χ2v) is 9.90. The first kappa shape index (κ1) is 23.7. The predicted molar refractivity (Wildman–Crippen MR) is 132 cm³/mol. The van der Waals surface area contributed by atoms with Gasteiger partial charge in [0.1, 0.15) is 16.7 Å². The molecule has 0 bridgehead atoms. The minimum atomic E-state index is -0.542. The lowest BCUT2D eigenvalue weighted by Crippen LogP contribution is -2.47. The highest BCUT2D eigenvalue weighted by Crippen LogP contribution is 2.43. The molecule has 0 saturated carbocycles. The summed E-state index contributed by atoms with van der Waals surface area (Å²) in [7, 11) is 2.00. The van der Waals surface area contributed by atoms with Crippen LogP contribution in [0.25, 0.3) is 0 Å². The number of halogens is 2. The van der Waals surface area contributed by atoms with Crippen LogP contribution in [0.4, 0.5) is 5.69 Å². The number of para-hydroxylation sites is 1. The van der Waals surface area contributed by atoms with Crippen molar-refractivity contribution in [2.24, 2.45) is 0 Å². The van der Waals surface area contributed by atoms with E-state index in [4.69, 9.17) is 23.2 Å². The first-order valence-electron chi connectivity index (χ1n) is 10.5. The molecule has 9 heteroatoms. The summed E-state index contributed by atoms with van der Waals surface area (Å²) in [6.07, 6.45) is 0.330. The van der Waals surface area contributed by atoms with Crippen molar-refractivity contribution in [3.63, 3.8) is 0 Å². The maximum atomic E-state index is 13.5. The van der Waals surface area contributed by atoms with Gasteiger partial charge in [-0.15, -0.1) is 0 Å². The monoisotopic (exact) mass is 500 g/mol. The molecule has 2 heterocycles. The standard InChI is InChI=1S/C24H22Cl2N4O2S/c1-28-10-12-29(13-11-28)22(31)18(15-27)24-30(17-7-3-2-4-8-17)23(32)20(33-24)14-16-6-5-9-19(25)21(16)26/h2-9,20H,10-14H2,1H3/b24-18-/t20-/m0/s1. The molecule has 0 unspecified atom stereocenters. The number of hydrogen-bond acceptors (Lipinski definition) is 5. The van der Waals surface area contributed by atoms with Gasteiger partial charge in [-0.05, 0) is 37.2 Å². The summed E-state index contributed by atoms with van der Waals surface area (Å²) in [6, 6.07) is 16.5. The third-order valence-electron chi connectivity index (χ3n) is 5.73. The van der Waals surface area contributed by atoms with Crippen LogP contribution in [0.15, 0.2) is 59.1 Å². The maximum absolute atomic E-state index is 13.5. The van der Waals surface area contributed by atoms with Crippen molar-refractivity contribution in [2.75, 3.05) is 38.1 Å². The van der Waals surface area contributed by atoms with Crippen LogP contribution >= 0.6 is 35.0 Å². The van der Waals surface area contributed by atoms with Crippen LogP contribution in [-0.2, 0) is 16.0 Å². The summed E-state index contributed by atoms with van der Waals surface area (Å²) in [5, 5.41) is 10.6. The number of nitrogens with zero attached hydrogens (tertiary/aromatic N) is 4. The van der Waals surface area contributed by atoms with Gasteiger partial charge in [0, 0.05) is 31.9 Å². The minimum absolute atomic E-state index is 0.0125. The molecule has 0 N–H and O–H groups in total. The smallest absolute Gasteiger partial charge is 0.267 e. The number of carbonyl (C=O) groups excluding carboxylic acids is 2. The summed E-state index contributed by atoms with van der Waals surface area (Å²) >= 11 is 13.8. The van der Waals surface area contributed by atoms with Gasteiger partial charge < -0.3 is 9.80 Å². The fourth-order valence-electron chi connectivity index (χ4n) is 3.86. The lowest BCUT2D eigenvalue weighted by Gasteiger charge is -2.32. The average molecular weight is 501 g/mol. The Balaban J connectivity index is 1.72. The lowest BCUT2D eigenvalue weighted by atomic mass is 10.1. The largest absolute Gasteiger partial charge is 0.335 e. The molecule has 0 radical (unpaired) electrons. The molecule has 33 heavy (non-hydrogen) atoms. The van der Waals surface area contributed by atoms with Crippen LogP contribution in [-0.4, -0.2) is 60.1 Å². The molecule has 2 aromatic rings. The van der Waals surface area contributed by atoms with Crippen molar-refractivity contribution in [2.45, 2.75) is 11.7 Å². The van der Waals surface area contributed by atoms with Gasteiger partial charge in [-0.1, -0.05) is 65.3 Å². The van der Waals surface area contributed by atoms with Crippen LogP contribution in [0.2, 0.25) is 10.0 Å². The van der Waals surface area contributed by atoms with Crippen molar-refractivity contribution in [1.29, 1.82) is 5.26 Å². The Morgan fingerprint density at radius 3 is 2.45 bits per heavy atom. The van der Waals surface area contributed by atoms with Gasteiger partial charge in [0.25, 0.3) is 5.91 Å². The second-order valence-electron chi connectivity index (χ2n) is 7.92.